The molecule has 8 heteroatoms. The van der Waals surface area contributed by atoms with Crippen molar-refractivity contribution in [2.75, 3.05) is 0 Å². The van der Waals surface area contributed by atoms with Crippen LogP contribution in [0.15, 0.2) is 4.79 Å². The third kappa shape index (κ3) is 3.47. The van der Waals surface area contributed by atoms with Crippen LogP contribution in [0.5, 0.6) is 0 Å². The van der Waals surface area contributed by atoms with Crippen LogP contribution < -0.4 is 16.7 Å². The SMILES string of the molecule is Cl.NC1C2CCCC1CC(C(=O)NCc1n[nH]c(=O)[nH]1)C2. The second-order valence-electron chi connectivity index (χ2n) is 6.04. The number of hydrogen-bond acceptors (Lipinski definition) is 4. The molecule has 0 saturated heterocycles. The highest BCUT2D eigenvalue weighted by atomic mass is 35.5. The van der Waals surface area contributed by atoms with Crippen molar-refractivity contribution >= 4 is 18.3 Å². The smallest absolute Gasteiger partial charge is 0.340 e. The van der Waals surface area contributed by atoms with Crippen LogP contribution in [0.4, 0.5) is 0 Å². The van der Waals surface area contributed by atoms with E-state index in [1.807, 2.05) is 0 Å². The molecule has 2 bridgehead atoms. The van der Waals surface area contributed by atoms with E-state index in [4.69, 9.17) is 5.73 Å². The van der Waals surface area contributed by atoms with Gasteiger partial charge in [0, 0.05) is 12.0 Å². The number of aromatic amines is 2. The first-order valence-corrected chi connectivity index (χ1v) is 7.30. The molecular formula is C13H22ClN5O2. The largest absolute Gasteiger partial charge is 0.349 e. The summed E-state index contributed by atoms with van der Waals surface area (Å²) in [5.41, 5.74) is 5.87. The molecule has 21 heavy (non-hydrogen) atoms. The van der Waals surface area contributed by atoms with E-state index in [1.165, 1.54) is 6.42 Å². The summed E-state index contributed by atoms with van der Waals surface area (Å²) in [6.07, 6.45) is 5.31. The summed E-state index contributed by atoms with van der Waals surface area (Å²) >= 11 is 0. The maximum atomic E-state index is 12.2. The van der Waals surface area contributed by atoms with E-state index < -0.39 is 0 Å². The third-order valence-electron chi connectivity index (χ3n) is 4.76. The Kier molecular flexibility index (Phi) is 5.05. The monoisotopic (exact) mass is 315 g/mol. The van der Waals surface area contributed by atoms with Crippen molar-refractivity contribution < 1.29 is 4.79 Å². The van der Waals surface area contributed by atoms with Gasteiger partial charge >= 0.3 is 5.69 Å². The lowest BCUT2D eigenvalue weighted by Crippen LogP contribution is -2.49. The van der Waals surface area contributed by atoms with Gasteiger partial charge in [-0.25, -0.2) is 9.89 Å². The molecule has 3 rings (SSSR count). The number of H-pyrrole nitrogens is 2. The van der Waals surface area contributed by atoms with E-state index in [1.54, 1.807) is 0 Å². The van der Waals surface area contributed by atoms with Crippen LogP contribution in [0.2, 0.25) is 0 Å². The van der Waals surface area contributed by atoms with Crippen LogP contribution in [0, 0.1) is 17.8 Å². The van der Waals surface area contributed by atoms with Crippen molar-refractivity contribution in [1.29, 1.82) is 0 Å². The number of nitrogens with two attached hydrogens (primary N) is 1. The first-order valence-electron chi connectivity index (χ1n) is 7.30. The number of amides is 1. The Hall–Kier alpha value is -1.34. The molecule has 2 fully saturated rings. The molecule has 0 radical (unpaired) electrons. The molecule has 2 aliphatic rings. The summed E-state index contributed by atoms with van der Waals surface area (Å²) in [5, 5.41) is 8.91. The van der Waals surface area contributed by atoms with Crippen LogP contribution in [-0.4, -0.2) is 27.1 Å². The van der Waals surface area contributed by atoms with Crippen LogP contribution in [-0.2, 0) is 11.3 Å². The molecule has 1 aromatic heterocycles. The Balaban J connectivity index is 0.00000161. The summed E-state index contributed by atoms with van der Waals surface area (Å²) < 4.78 is 0. The molecule has 2 unspecified atom stereocenters. The minimum atomic E-state index is -0.354. The van der Waals surface area contributed by atoms with Gasteiger partial charge in [-0.15, -0.1) is 12.4 Å². The van der Waals surface area contributed by atoms with Crippen molar-refractivity contribution in [2.24, 2.45) is 23.5 Å². The highest BCUT2D eigenvalue weighted by molar-refractivity contribution is 5.85. The van der Waals surface area contributed by atoms with Crippen molar-refractivity contribution in [3.63, 3.8) is 0 Å². The molecule has 5 N–H and O–H groups in total. The minimum Gasteiger partial charge on any atom is -0.349 e. The topological polar surface area (TPSA) is 117 Å². The van der Waals surface area contributed by atoms with Crippen molar-refractivity contribution in [3.05, 3.63) is 16.3 Å². The molecule has 0 aromatic carbocycles. The fraction of sp³-hybridized carbons (Fsp3) is 0.769. The van der Waals surface area contributed by atoms with E-state index in [9.17, 15) is 9.59 Å². The predicted molar refractivity (Wildman–Crippen MR) is 79.8 cm³/mol. The highest BCUT2D eigenvalue weighted by Gasteiger charge is 2.40. The van der Waals surface area contributed by atoms with Gasteiger partial charge in [-0.05, 0) is 37.5 Å². The second-order valence-corrected chi connectivity index (χ2v) is 6.04. The van der Waals surface area contributed by atoms with Gasteiger partial charge in [0.25, 0.3) is 0 Å². The molecular weight excluding hydrogens is 294 g/mol. The van der Waals surface area contributed by atoms with Gasteiger partial charge in [0.1, 0.15) is 5.82 Å². The van der Waals surface area contributed by atoms with Gasteiger partial charge in [-0.1, -0.05) is 6.42 Å². The van der Waals surface area contributed by atoms with Gasteiger partial charge in [0.05, 0.1) is 6.54 Å². The molecule has 1 heterocycles. The Morgan fingerprint density at radius 2 is 2.00 bits per heavy atom. The van der Waals surface area contributed by atoms with E-state index in [0.717, 1.165) is 25.7 Å². The summed E-state index contributed by atoms with van der Waals surface area (Å²) in [7, 11) is 0. The van der Waals surface area contributed by atoms with Crippen molar-refractivity contribution in [3.8, 4) is 0 Å². The first-order chi connectivity index (χ1) is 9.63. The lowest BCUT2D eigenvalue weighted by Gasteiger charge is -2.43. The summed E-state index contributed by atoms with van der Waals surface area (Å²) in [5.74, 6) is 1.54. The fourth-order valence-corrected chi connectivity index (χ4v) is 3.71. The number of nitrogens with one attached hydrogen (secondary N) is 3. The van der Waals surface area contributed by atoms with Gasteiger partial charge in [0.15, 0.2) is 0 Å². The minimum absolute atomic E-state index is 0. The number of halogens is 1. The Bertz CT molecular complexity index is 529. The number of rotatable bonds is 3. The Morgan fingerprint density at radius 1 is 1.33 bits per heavy atom. The number of carbonyl (C=O) groups is 1. The molecule has 2 atom stereocenters. The zero-order valence-corrected chi connectivity index (χ0v) is 12.6. The zero-order valence-electron chi connectivity index (χ0n) is 11.8. The molecule has 2 aliphatic carbocycles. The van der Waals surface area contributed by atoms with E-state index >= 15 is 0 Å². The molecule has 1 aromatic rings. The Labute approximate surface area is 128 Å². The number of nitrogens with zero attached hydrogens (tertiary/aromatic N) is 1. The third-order valence-corrected chi connectivity index (χ3v) is 4.76. The predicted octanol–water partition coefficient (Wildman–Crippen LogP) is 0.290. The lowest BCUT2D eigenvalue weighted by molar-refractivity contribution is -0.128. The normalized spacial score (nSPS) is 31.3. The number of carbonyl (C=O) groups excluding carboxylic acids is 1. The van der Waals surface area contributed by atoms with Gasteiger partial charge in [-0.2, -0.15) is 5.10 Å². The number of fused-ring (bicyclic) bond motifs is 2. The van der Waals surface area contributed by atoms with Crippen molar-refractivity contribution in [2.45, 2.75) is 44.7 Å². The highest BCUT2D eigenvalue weighted by Crippen LogP contribution is 2.41. The van der Waals surface area contributed by atoms with E-state index in [0.29, 0.717) is 17.7 Å². The Morgan fingerprint density at radius 3 is 2.57 bits per heavy atom. The molecule has 0 aliphatic heterocycles. The van der Waals surface area contributed by atoms with Gasteiger partial charge < -0.3 is 11.1 Å². The van der Waals surface area contributed by atoms with Gasteiger partial charge in [0.2, 0.25) is 5.91 Å². The fourth-order valence-electron chi connectivity index (χ4n) is 3.71. The van der Waals surface area contributed by atoms with Crippen LogP contribution >= 0.6 is 12.4 Å². The molecule has 0 spiro atoms. The van der Waals surface area contributed by atoms with E-state index in [2.05, 4.69) is 20.5 Å². The number of hydrogen-bond donors (Lipinski definition) is 4. The molecule has 2 saturated carbocycles. The number of aromatic nitrogens is 3. The van der Waals surface area contributed by atoms with E-state index in [-0.39, 0.29) is 42.5 Å². The summed E-state index contributed by atoms with van der Waals surface area (Å²) in [6, 6.07) is 0.274. The zero-order chi connectivity index (χ0) is 14.1. The van der Waals surface area contributed by atoms with Crippen molar-refractivity contribution in [1.82, 2.24) is 20.5 Å². The van der Waals surface area contributed by atoms with Crippen LogP contribution in [0.3, 0.4) is 0 Å². The quantitative estimate of drug-likeness (QED) is 0.641. The molecule has 1 amide bonds. The van der Waals surface area contributed by atoms with Crippen LogP contribution in [0.1, 0.15) is 37.9 Å². The molecule has 118 valence electrons. The summed E-state index contributed by atoms with van der Waals surface area (Å²) in [6.45, 7) is 0.259. The maximum Gasteiger partial charge on any atom is 0.340 e. The summed E-state index contributed by atoms with van der Waals surface area (Å²) in [4.78, 5) is 25.7. The second kappa shape index (κ2) is 6.62. The maximum absolute atomic E-state index is 12.2. The average Bonchev–Trinajstić information content (AvgIpc) is 2.81. The molecule has 7 nitrogen and oxygen atoms in total. The standard InChI is InChI=1S/C13H21N5O2.ClH/c14-11-7-2-1-3-8(11)5-9(4-7)12(19)15-6-10-16-13(20)18-17-10;/h7-9,11H,1-6,14H2,(H,15,19)(H2,16,17,18,20);1H. The lowest BCUT2D eigenvalue weighted by atomic mass is 9.65. The van der Waals surface area contributed by atoms with Gasteiger partial charge in [-0.3, -0.25) is 9.78 Å². The van der Waals surface area contributed by atoms with Crippen LogP contribution in [0.25, 0.3) is 0 Å². The first kappa shape index (κ1) is 16.0. The average molecular weight is 316 g/mol.